The van der Waals surface area contributed by atoms with E-state index in [1.807, 2.05) is 5.32 Å². The highest BCUT2D eigenvalue weighted by Crippen LogP contribution is 2.55. The summed E-state index contributed by atoms with van der Waals surface area (Å²) >= 11 is 5.79. The van der Waals surface area contributed by atoms with Gasteiger partial charge in [0.1, 0.15) is 11.4 Å². The van der Waals surface area contributed by atoms with Crippen molar-refractivity contribution in [2.24, 2.45) is 0 Å². The number of rotatable bonds is 10. The van der Waals surface area contributed by atoms with E-state index in [1.165, 1.54) is 19.1 Å². The van der Waals surface area contributed by atoms with Crippen molar-refractivity contribution in [2.45, 2.75) is 37.9 Å². The summed E-state index contributed by atoms with van der Waals surface area (Å²) in [6, 6.07) is 7.00. The van der Waals surface area contributed by atoms with Crippen molar-refractivity contribution in [1.82, 2.24) is 0 Å². The Kier molecular flexibility index (Phi) is 11.0. The van der Waals surface area contributed by atoms with Gasteiger partial charge in [0.05, 0.1) is 28.9 Å². The molecule has 0 spiro atoms. The Morgan fingerprint density at radius 3 is 1.96 bits per heavy atom. The maximum atomic E-state index is 14.7. The molecule has 0 aliphatic rings. The zero-order valence-electron chi connectivity index (χ0n) is 23.9. The largest absolute Gasteiger partial charge is 0.573 e. The van der Waals surface area contributed by atoms with Gasteiger partial charge in [0.25, 0.3) is 11.8 Å². The molecular weight excluding hydrogens is 708 g/mol. The number of ether oxygens (including phenoxy) is 3. The summed E-state index contributed by atoms with van der Waals surface area (Å²) in [5.74, 6) is -5.41. The van der Waals surface area contributed by atoms with Crippen molar-refractivity contribution < 1.29 is 76.5 Å². The van der Waals surface area contributed by atoms with Crippen LogP contribution in [-0.4, -0.2) is 50.8 Å². The first kappa shape index (κ1) is 37.9. The number of carbonyl (C=O) groups excluding carboxylic acids is 2. The van der Waals surface area contributed by atoms with Gasteiger partial charge in [-0.05, 0) is 43.3 Å². The summed E-state index contributed by atoms with van der Waals surface area (Å²) in [5.41, 5.74) is -10.9. The number of hydrogen-bond acceptors (Lipinski definition) is 5. The van der Waals surface area contributed by atoms with Crippen LogP contribution in [0.3, 0.4) is 0 Å². The fraction of sp³-hybridized carbons (Fsp3) is 0.286. The maximum absolute atomic E-state index is 14.7. The molecule has 0 aliphatic heterocycles. The zero-order chi connectivity index (χ0) is 36.4. The van der Waals surface area contributed by atoms with E-state index in [9.17, 15) is 62.3 Å². The minimum absolute atomic E-state index is 0.206. The normalized spacial score (nSPS) is 12.5. The Balaban J connectivity index is 2.12. The highest BCUT2D eigenvalue weighted by molar-refractivity contribution is 6.34. The van der Waals surface area contributed by atoms with Crippen LogP contribution in [0.25, 0.3) is 0 Å². The van der Waals surface area contributed by atoms with Crippen LogP contribution in [0.2, 0.25) is 5.02 Å². The number of amides is 2. The van der Waals surface area contributed by atoms with E-state index in [2.05, 4.69) is 9.47 Å². The van der Waals surface area contributed by atoms with Gasteiger partial charge in [-0.15, -0.1) is 13.2 Å². The number of methoxy groups -OCH3 is 1. The first-order valence-corrected chi connectivity index (χ1v) is 13.2. The number of benzene rings is 3. The van der Waals surface area contributed by atoms with Gasteiger partial charge in [0.15, 0.2) is 11.5 Å². The van der Waals surface area contributed by atoms with Crippen LogP contribution >= 0.6 is 11.6 Å². The van der Waals surface area contributed by atoms with Crippen LogP contribution < -0.4 is 24.4 Å². The fourth-order valence-corrected chi connectivity index (χ4v) is 4.57. The first-order valence-electron chi connectivity index (χ1n) is 12.8. The number of anilines is 2. The monoisotopic (exact) mass is 726 g/mol. The number of hydrogen-bond donors (Lipinski definition) is 1. The van der Waals surface area contributed by atoms with Gasteiger partial charge in [-0.25, -0.2) is 4.39 Å². The molecule has 0 aromatic heterocycles. The average molecular weight is 727 g/mol. The molecule has 0 atom stereocenters. The second kappa shape index (κ2) is 13.9. The van der Waals surface area contributed by atoms with E-state index >= 15 is 0 Å². The molecule has 3 aromatic rings. The van der Waals surface area contributed by atoms with Crippen LogP contribution in [0.4, 0.5) is 64.1 Å². The van der Waals surface area contributed by atoms with Crippen molar-refractivity contribution in [2.75, 3.05) is 23.9 Å². The highest BCUT2D eigenvalue weighted by Gasteiger charge is 2.73. The Morgan fingerprint density at radius 2 is 1.44 bits per heavy atom. The third-order valence-corrected chi connectivity index (χ3v) is 6.62. The molecule has 0 saturated heterocycles. The van der Waals surface area contributed by atoms with Crippen molar-refractivity contribution in [3.05, 3.63) is 76.3 Å². The van der Waals surface area contributed by atoms with Crippen molar-refractivity contribution >= 4 is 34.8 Å². The Hall–Kier alpha value is -4.55. The van der Waals surface area contributed by atoms with Gasteiger partial charge in [0, 0.05) is 12.1 Å². The molecule has 0 saturated carbocycles. The van der Waals surface area contributed by atoms with E-state index in [0.29, 0.717) is 0 Å². The summed E-state index contributed by atoms with van der Waals surface area (Å²) < 4.78 is 173. The molecule has 0 unspecified atom stereocenters. The summed E-state index contributed by atoms with van der Waals surface area (Å²) in [5, 5.41) is 0.571. The topological polar surface area (TPSA) is 77.1 Å². The standard InChI is InChI=1S/C28H19ClF12N2O5/c1-3-43(23(45)14-7-4-5-10-18(14)48-28(39,40)41)17-9-6-8-15(21(17)46-2)22(44)42-20-16(29)11-13(12-19(20)47-24(30)31)25(32,26(33,34)35)27(36,37)38/h4-12,24H,3H2,1-2H3,(H,42,44). The van der Waals surface area contributed by atoms with Crippen LogP contribution in [0.1, 0.15) is 33.2 Å². The zero-order valence-corrected chi connectivity index (χ0v) is 24.6. The summed E-state index contributed by atoms with van der Waals surface area (Å²) in [4.78, 5) is 27.6. The lowest BCUT2D eigenvalue weighted by atomic mass is 9.93. The van der Waals surface area contributed by atoms with Crippen molar-refractivity contribution in [3.63, 3.8) is 0 Å². The van der Waals surface area contributed by atoms with E-state index in [-0.39, 0.29) is 24.4 Å². The molecule has 3 rings (SSSR count). The van der Waals surface area contributed by atoms with Gasteiger partial charge < -0.3 is 24.4 Å². The maximum Gasteiger partial charge on any atom is 0.573 e. The summed E-state index contributed by atoms with van der Waals surface area (Å²) in [7, 11) is 0.983. The fourth-order valence-electron chi connectivity index (χ4n) is 4.32. The average Bonchev–Trinajstić information content (AvgIpc) is 2.96. The second-order valence-corrected chi connectivity index (χ2v) is 9.68. The lowest BCUT2D eigenvalue weighted by Crippen LogP contribution is -2.50. The first-order chi connectivity index (χ1) is 22.1. The van der Waals surface area contributed by atoms with Gasteiger partial charge >= 0.3 is 31.0 Å². The van der Waals surface area contributed by atoms with Crippen LogP contribution in [-0.2, 0) is 5.67 Å². The second-order valence-electron chi connectivity index (χ2n) is 9.27. The van der Waals surface area contributed by atoms with E-state index < -0.39 is 87.5 Å². The lowest BCUT2D eigenvalue weighted by Gasteiger charge is -2.31. The van der Waals surface area contributed by atoms with Gasteiger partial charge in [0.2, 0.25) is 0 Å². The summed E-state index contributed by atoms with van der Waals surface area (Å²) in [6.45, 7) is -2.80. The Labute approximate surface area is 266 Å². The third-order valence-electron chi connectivity index (χ3n) is 6.33. The molecular formula is C28H19ClF12N2O5. The quantitative estimate of drug-likeness (QED) is 0.211. The van der Waals surface area contributed by atoms with Gasteiger partial charge in [-0.3, -0.25) is 9.59 Å². The Bertz CT molecular complexity index is 1650. The van der Waals surface area contributed by atoms with Crippen LogP contribution in [0, 0.1) is 0 Å². The molecule has 262 valence electrons. The van der Waals surface area contributed by atoms with E-state index in [0.717, 1.165) is 42.3 Å². The van der Waals surface area contributed by atoms with Crippen molar-refractivity contribution in [1.29, 1.82) is 0 Å². The number of para-hydroxylation sites is 2. The minimum atomic E-state index is -6.66. The molecule has 20 heteroatoms. The van der Waals surface area contributed by atoms with Crippen LogP contribution in [0.15, 0.2) is 54.6 Å². The third kappa shape index (κ3) is 7.77. The predicted molar refractivity (Wildman–Crippen MR) is 144 cm³/mol. The van der Waals surface area contributed by atoms with E-state index in [4.69, 9.17) is 16.3 Å². The molecule has 3 aromatic carbocycles. The van der Waals surface area contributed by atoms with Gasteiger partial charge in [-0.1, -0.05) is 29.8 Å². The summed E-state index contributed by atoms with van der Waals surface area (Å²) in [6.07, 6.45) is -18.5. The molecule has 0 radical (unpaired) electrons. The molecule has 48 heavy (non-hydrogen) atoms. The van der Waals surface area contributed by atoms with Crippen LogP contribution in [0.5, 0.6) is 17.2 Å². The number of halogens is 13. The smallest absolute Gasteiger partial charge is 0.494 e. The molecule has 0 fully saturated rings. The Morgan fingerprint density at radius 1 is 0.854 bits per heavy atom. The molecule has 0 aliphatic carbocycles. The predicted octanol–water partition coefficient (Wildman–Crippen LogP) is 9.06. The number of carbonyl (C=O) groups is 2. The molecule has 0 heterocycles. The van der Waals surface area contributed by atoms with Gasteiger partial charge in [-0.2, -0.15) is 35.1 Å². The number of nitrogens with one attached hydrogen (secondary N) is 1. The molecule has 2 amide bonds. The highest BCUT2D eigenvalue weighted by atomic mass is 35.5. The number of alkyl halides is 12. The minimum Gasteiger partial charge on any atom is -0.494 e. The molecule has 7 nitrogen and oxygen atoms in total. The van der Waals surface area contributed by atoms with E-state index in [1.54, 1.807) is 0 Å². The number of nitrogens with zero attached hydrogens (tertiary/aromatic N) is 1. The molecule has 0 bridgehead atoms. The van der Waals surface area contributed by atoms with Crippen molar-refractivity contribution in [3.8, 4) is 17.2 Å². The SMILES string of the molecule is CCN(C(=O)c1ccccc1OC(F)(F)F)c1cccc(C(=O)Nc2c(Cl)cc(C(F)(C(F)(F)F)C(F)(F)F)cc2OC(F)F)c1OC. The molecule has 1 N–H and O–H groups in total. The lowest BCUT2D eigenvalue weighted by molar-refractivity contribution is -0.348.